The van der Waals surface area contributed by atoms with Gasteiger partial charge in [-0.15, -0.1) is 10.2 Å². The Balaban J connectivity index is 1.74. The minimum absolute atomic E-state index is 0.331. The first-order chi connectivity index (χ1) is 16.2. The lowest BCUT2D eigenvalue weighted by Crippen LogP contribution is -2.24. The Hall–Kier alpha value is -3.94. The first kappa shape index (κ1) is 23.2. The van der Waals surface area contributed by atoms with Crippen LogP contribution in [0.1, 0.15) is 48.2 Å². The van der Waals surface area contributed by atoms with E-state index in [0.29, 0.717) is 17.8 Å². The number of H-pyrrole nitrogens is 1. The average molecular weight is 460 g/mol. The lowest BCUT2D eigenvalue weighted by atomic mass is 10.1. The average Bonchev–Trinajstić information content (AvgIpc) is 3.46. The van der Waals surface area contributed by atoms with Crippen LogP contribution in [-0.4, -0.2) is 43.9 Å². The first-order valence-corrected chi connectivity index (χ1v) is 11.2. The summed E-state index contributed by atoms with van der Waals surface area (Å²) in [6, 6.07) is 17.9. The molecule has 0 fully saturated rings. The number of benzene rings is 2. The molecule has 0 bridgehead atoms. The standard InChI is InChI=1S/C26H29N5O3/c1-17-16-19(25(32)34-26(2,3)4)8-13-22(17)31-20(10-15-24-27-29-30-28-24)9-14-23(31)18-6-11-21(33-5)12-7-18/h6-9,11-14,16H,10,15H2,1-5H3,(H,27,28,29,30). The summed E-state index contributed by atoms with van der Waals surface area (Å²) < 4.78 is 13.1. The summed E-state index contributed by atoms with van der Waals surface area (Å²) in [7, 11) is 1.66. The van der Waals surface area contributed by atoms with Crippen LogP contribution < -0.4 is 4.74 Å². The van der Waals surface area contributed by atoms with Crippen LogP contribution in [0, 0.1) is 6.92 Å². The second-order valence-electron chi connectivity index (χ2n) is 9.11. The number of aryl methyl sites for hydroxylation is 3. The highest BCUT2D eigenvalue weighted by Gasteiger charge is 2.20. The summed E-state index contributed by atoms with van der Waals surface area (Å²) in [5, 5.41) is 14.3. The summed E-state index contributed by atoms with van der Waals surface area (Å²) in [6.45, 7) is 7.60. The first-order valence-electron chi connectivity index (χ1n) is 11.2. The molecule has 0 atom stereocenters. The molecule has 2 aromatic heterocycles. The second-order valence-corrected chi connectivity index (χ2v) is 9.11. The van der Waals surface area contributed by atoms with Crippen molar-refractivity contribution in [2.24, 2.45) is 0 Å². The molecule has 8 heteroatoms. The molecule has 0 spiro atoms. The number of carbonyl (C=O) groups is 1. The molecule has 2 heterocycles. The lowest BCUT2D eigenvalue weighted by Gasteiger charge is -2.20. The van der Waals surface area contributed by atoms with Gasteiger partial charge in [-0.05, 0) is 99.8 Å². The zero-order valence-corrected chi connectivity index (χ0v) is 20.1. The van der Waals surface area contributed by atoms with E-state index in [-0.39, 0.29) is 5.97 Å². The second kappa shape index (κ2) is 9.51. The van der Waals surface area contributed by atoms with Gasteiger partial charge in [0.15, 0.2) is 5.82 Å². The molecule has 0 unspecified atom stereocenters. The number of carbonyl (C=O) groups excluding carboxylic acids is 1. The third-order valence-electron chi connectivity index (χ3n) is 5.41. The Morgan fingerprint density at radius 2 is 1.79 bits per heavy atom. The molecular formula is C26H29N5O3. The monoisotopic (exact) mass is 459 g/mol. The molecule has 1 N–H and O–H groups in total. The Morgan fingerprint density at radius 3 is 2.41 bits per heavy atom. The fourth-order valence-electron chi connectivity index (χ4n) is 3.84. The fourth-order valence-corrected chi connectivity index (χ4v) is 3.84. The van der Waals surface area contributed by atoms with Gasteiger partial charge in [0.25, 0.3) is 0 Å². The van der Waals surface area contributed by atoms with Gasteiger partial charge in [-0.3, -0.25) is 0 Å². The van der Waals surface area contributed by atoms with Crippen molar-refractivity contribution in [1.29, 1.82) is 0 Å². The summed E-state index contributed by atoms with van der Waals surface area (Å²) >= 11 is 0. The van der Waals surface area contributed by atoms with Crippen LogP contribution in [0.3, 0.4) is 0 Å². The van der Waals surface area contributed by atoms with Gasteiger partial charge in [-0.25, -0.2) is 4.79 Å². The van der Waals surface area contributed by atoms with Gasteiger partial charge in [0.1, 0.15) is 11.4 Å². The quantitative estimate of drug-likeness (QED) is 0.402. The normalized spacial score (nSPS) is 11.4. The van der Waals surface area contributed by atoms with E-state index in [2.05, 4.69) is 37.3 Å². The number of esters is 1. The molecule has 34 heavy (non-hydrogen) atoms. The third-order valence-corrected chi connectivity index (χ3v) is 5.41. The van der Waals surface area contributed by atoms with Crippen molar-refractivity contribution in [1.82, 2.24) is 25.2 Å². The number of aromatic nitrogens is 5. The topological polar surface area (TPSA) is 94.9 Å². The smallest absolute Gasteiger partial charge is 0.338 e. The molecule has 0 saturated carbocycles. The highest BCUT2D eigenvalue weighted by atomic mass is 16.6. The van der Waals surface area contributed by atoms with E-state index in [1.165, 1.54) is 0 Å². The number of rotatable bonds is 7. The van der Waals surface area contributed by atoms with Crippen LogP contribution in [0.4, 0.5) is 0 Å². The van der Waals surface area contributed by atoms with Crippen molar-refractivity contribution >= 4 is 5.97 Å². The molecule has 0 aliphatic heterocycles. The minimum atomic E-state index is -0.548. The van der Waals surface area contributed by atoms with E-state index in [4.69, 9.17) is 9.47 Å². The number of hydrogen-bond donors (Lipinski definition) is 1. The summed E-state index contributed by atoms with van der Waals surface area (Å²) in [4.78, 5) is 12.6. The number of methoxy groups -OCH3 is 1. The lowest BCUT2D eigenvalue weighted by molar-refractivity contribution is 0.00694. The van der Waals surface area contributed by atoms with Gasteiger partial charge < -0.3 is 14.0 Å². The highest BCUT2D eigenvalue weighted by molar-refractivity contribution is 5.90. The van der Waals surface area contributed by atoms with Gasteiger partial charge in [0.05, 0.1) is 18.4 Å². The van der Waals surface area contributed by atoms with Crippen molar-refractivity contribution in [3.63, 3.8) is 0 Å². The zero-order valence-electron chi connectivity index (χ0n) is 20.1. The molecule has 0 radical (unpaired) electrons. The Bertz CT molecular complexity index is 1270. The third kappa shape index (κ3) is 5.17. The molecule has 0 saturated heterocycles. The van der Waals surface area contributed by atoms with E-state index in [0.717, 1.165) is 40.4 Å². The predicted octanol–water partition coefficient (Wildman–Crippen LogP) is 4.71. The Kier molecular flexibility index (Phi) is 6.49. The maximum Gasteiger partial charge on any atom is 0.338 e. The van der Waals surface area contributed by atoms with E-state index in [1.807, 2.05) is 70.2 Å². The Labute approximate surface area is 198 Å². The molecule has 0 aliphatic carbocycles. The van der Waals surface area contributed by atoms with Crippen molar-refractivity contribution in [3.8, 4) is 22.7 Å². The maximum atomic E-state index is 12.6. The molecule has 176 valence electrons. The van der Waals surface area contributed by atoms with E-state index in [1.54, 1.807) is 7.11 Å². The van der Waals surface area contributed by atoms with E-state index in [9.17, 15) is 4.79 Å². The number of aromatic amines is 1. The van der Waals surface area contributed by atoms with Crippen molar-refractivity contribution < 1.29 is 14.3 Å². The minimum Gasteiger partial charge on any atom is -0.497 e. The van der Waals surface area contributed by atoms with Gasteiger partial charge in [0, 0.05) is 17.8 Å². The number of nitrogens with zero attached hydrogens (tertiary/aromatic N) is 4. The number of nitrogens with one attached hydrogen (secondary N) is 1. The zero-order chi connectivity index (χ0) is 24.3. The Morgan fingerprint density at radius 1 is 1.03 bits per heavy atom. The molecule has 4 rings (SSSR count). The van der Waals surface area contributed by atoms with Crippen molar-refractivity contribution in [2.75, 3.05) is 7.11 Å². The number of ether oxygens (including phenoxy) is 2. The van der Waals surface area contributed by atoms with Crippen LogP contribution in [0.5, 0.6) is 5.75 Å². The summed E-state index contributed by atoms with van der Waals surface area (Å²) in [5.41, 5.74) is 5.14. The molecule has 0 amide bonds. The van der Waals surface area contributed by atoms with Crippen LogP contribution in [0.15, 0.2) is 54.6 Å². The van der Waals surface area contributed by atoms with Gasteiger partial charge in [-0.2, -0.15) is 5.21 Å². The summed E-state index contributed by atoms with van der Waals surface area (Å²) in [5.74, 6) is 1.13. The van der Waals surface area contributed by atoms with E-state index >= 15 is 0 Å². The molecule has 0 aliphatic rings. The van der Waals surface area contributed by atoms with Gasteiger partial charge in [-0.1, -0.05) is 5.21 Å². The number of hydrogen-bond acceptors (Lipinski definition) is 6. The number of tetrazole rings is 1. The largest absolute Gasteiger partial charge is 0.497 e. The molecule has 8 nitrogen and oxygen atoms in total. The fraction of sp³-hybridized carbons (Fsp3) is 0.308. The SMILES string of the molecule is COc1ccc(-c2ccc(CCc3nn[nH]n3)n2-c2ccc(C(=O)OC(C)(C)C)cc2C)cc1. The van der Waals surface area contributed by atoms with Gasteiger partial charge >= 0.3 is 5.97 Å². The summed E-state index contributed by atoms with van der Waals surface area (Å²) in [6.07, 6.45) is 1.38. The van der Waals surface area contributed by atoms with Crippen molar-refractivity contribution in [2.45, 2.75) is 46.1 Å². The molecular weight excluding hydrogens is 430 g/mol. The van der Waals surface area contributed by atoms with Crippen molar-refractivity contribution in [3.05, 3.63) is 77.2 Å². The molecule has 4 aromatic rings. The van der Waals surface area contributed by atoms with E-state index < -0.39 is 5.60 Å². The van der Waals surface area contributed by atoms with Crippen LogP contribution in [-0.2, 0) is 17.6 Å². The van der Waals surface area contributed by atoms with Crippen LogP contribution in [0.25, 0.3) is 16.9 Å². The van der Waals surface area contributed by atoms with Crippen LogP contribution in [0.2, 0.25) is 0 Å². The maximum absolute atomic E-state index is 12.6. The predicted molar refractivity (Wildman–Crippen MR) is 129 cm³/mol. The highest BCUT2D eigenvalue weighted by Crippen LogP contribution is 2.31. The molecule has 2 aromatic carbocycles. The van der Waals surface area contributed by atoms with Crippen LogP contribution >= 0.6 is 0 Å². The van der Waals surface area contributed by atoms with Gasteiger partial charge in [0.2, 0.25) is 0 Å².